The minimum atomic E-state index is -0.884. The number of hydrogen-bond donors (Lipinski definition) is 3. The third-order valence-electron chi connectivity index (χ3n) is 8.67. The summed E-state index contributed by atoms with van der Waals surface area (Å²) in [6.07, 6.45) is 4.03. The van der Waals surface area contributed by atoms with Crippen LogP contribution in [0, 0.1) is 12.8 Å². The van der Waals surface area contributed by atoms with Crippen LogP contribution in [0.15, 0.2) is 42.5 Å². The molecular formula is C31H38ClN5O4. The summed E-state index contributed by atoms with van der Waals surface area (Å²) < 4.78 is 0. The Kier molecular flexibility index (Phi) is 8.94. The number of fused-ring (bicyclic) bond motifs is 3. The summed E-state index contributed by atoms with van der Waals surface area (Å²) in [6.45, 7) is 3.09. The van der Waals surface area contributed by atoms with Crippen LogP contribution in [0.2, 0.25) is 5.02 Å². The van der Waals surface area contributed by atoms with Crippen molar-refractivity contribution in [2.24, 2.45) is 11.7 Å². The fourth-order valence-electron chi connectivity index (χ4n) is 6.41. The highest BCUT2D eigenvalue weighted by Crippen LogP contribution is 2.37. The zero-order valence-electron chi connectivity index (χ0n) is 23.4. The number of nitrogens with two attached hydrogens (primary N) is 1. The SMILES string of the molecule is Cc1cc(NC(=O)[C@H](CCN)NC(=O)[C@@H]2Cc3ccccc3CN2C(=O)CCC(=O)N2CC3CCC2C3)ccc1Cl. The summed E-state index contributed by atoms with van der Waals surface area (Å²) in [7, 11) is 0. The van der Waals surface area contributed by atoms with E-state index in [1.807, 2.05) is 36.1 Å². The van der Waals surface area contributed by atoms with E-state index >= 15 is 0 Å². The summed E-state index contributed by atoms with van der Waals surface area (Å²) in [5.41, 5.74) is 9.13. The molecule has 2 aromatic rings. The van der Waals surface area contributed by atoms with E-state index in [0.717, 1.165) is 36.1 Å². The van der Waals surface area contributed by atoms with Crippen molar-refractivity contribution in [2.75, 3.05) is 18.4 Å². The highest BCUT2D eigenvalue weighted by Gasteiger charge is 2.41. The Labute approximate surface area is 245 Å². The van der Waals surface area contributed by atoms with Crippen LogP contribution in [-0.2, 0) is 32.1 Å². The standard InChI is InChI=1S/C31H38ClN5O4/c1-19-14-23(7-9-25(19)32)34-30(40)26(12-13-33)35-31(41)27-16-21-4-2-3-5-22(21)18-37(27)29(39)11-10-28(38)36-17-20-6-8-24(36)15-20/h2-5,7,9,14,20,24,26-27H,6,8,10-13,15-18,33H2,1H3,(H,34,40)(H,35,41)/t20?,24?,26-,27-/m0/s1. The van der Waals surface area contributed by atoms with Crippen LogP contribution < -0.4 is 16.4 Å². The Hall–Kier alpha value is -3.43. The van der Waals surface area contributed by atoms with Gasteiger partial charge in [-0.05, 0) is 80.0 Å². The monoisotopic (exact) mass is 579 g/mol. The highest BCUT2D eigenvalue weighted by atomic mass is 35.5. The molecule has 2 bridgehead atoms. The third kappa shape index (κ3) is 6.57. The fraction of sp³-hybridized carbons (Fsp3) is 0.484. The number of anilines is 1. The van der Waals surface area contributed by atoms with E-state index in [-0.39, 0.29) is 44.2 Å². The molecule has 9 nitrogen and oxygen atoms in total. The van der Waals surface area contributed by atoms with Gasteiger partial charge in [-0.1, -0.05) is 35.9 Å². The van der Waals surface area contributed by atoms with Crippen molar-refractivity contribution in [1.29, 1.82) is 0 Å². The van der Waals surface area contributed by atoms with Crippen LogP contribution in [0.3, 0.4) is 0 Å². The molecule has 0 aromatic heterocycles. The lowest BCUT2D eigenvalue weighted by Gasteiger charge is -2.37. The van der Waals surface area contributed by atoms with E-state index in [1.54, 1.807) is 23.1 Å². The van der Waals surface area contributed by atoms with Crippen molar-refractivity contribution in [3.63, 3.8) is 0 Å². The maximum Gasteiger partial charge on any atom is 0.246 e. The lowest BCUT2D eigenvalue weighted by molar-refractivity contribution is -0.144. The Morgan fingerprint density at radius 2 is 1.76 bits per heavy atom. The van der Waals surface area contributed by atoms with Gasteiger partial charge in [0.2, 0.25) is 23.6 Å². The molecule has 41 heavy (non-hydrogen) atoms. The largest absolute Gasteiger partial charge is 0.342 e. The molecular weight excluding hydrogens is 542 g/mol. The summed E-state index contributed by atoms with van der Waals surface area (Å²) in [5.74, 6) is -0.453. The Morgan fingerprint density at radius 3 is 2.41 bits per heavy atom. The van der Waals surface area contributed by atoms with Crippen LogP contribution in [0.4, 0.5) is 5.69 Å². The van der Waals surface area contributed by atoms with Gasteiger partial charge in [-0.2, -0.15) is 0 Å². The van der Waals surface area contributed by atoms with E-state index in [4.69, 9.17) is 17.3 Å². The van der Waals surface area contributed by atoms with Crippen LogP contribution in [0.1, 0.15) is 55.2 Å². The van der Waals surface area contributed by atoms with Crippen molar-refractivity contribution in [3.8, 4) is 0 Å². The van der Waals surface area contributed by atoms with Crippen molar-refractivity contribution in [1.82, 2.24) is 15.1 Å². The van der Waals surface area contributed by atoms with Crippen LogP contribution in [0.25, 0.3) is 0 Å². The lowest BCUT2D eigenvalue weighted by atomic mass is 9.92. The van der Waals surface area contributed by atoms with E-state index in [0.29, 0.717) is 29.1 Å². The first-order chi connectivity index (χ1) is 19.7. The Bertz CT molecular complexity index is 1330. The molecule has 218 valence electrons. The third-order valence-corrected chi connectivity index (χ3v) is 9.09. The number of carbonyl (C=O) groups is 4. The summed E-state index contributed by atoms with van der Waals surface area (Å²) in [4.78, 5) is 56.8. The first-order valence-corrected chi connectivity index (χ1v) is 14.8. The van der Waals surface area contributed by atoms with E-state index in [2.05, 4.69) is 10.6 Å². The van der Waals surface area contributed by atoms with Gasteiger partial charge in [0.15, 0.2) is 0 Å². The molecule has 2 aromatic carbocycles. The van der Waals surface area contributed by atoms with Crippen LogP contribution in [-0.4, -0.2) is 64.6 Å². The van der Waals surface area contributed by atoms with Crippen molar-refractivity contribution < 1.29 is 19.2 Å². The van der Waals surface area contributed by atoms with Gasteiger partial charge in [0.05, 0.1) is 0 Å². The number of amides is 4. The average molecular weight is 580 g/mol. The quantitative estimate of drug-likeness (QED) is 0.421. The van der Waals surface area contributed by atoms with Gasteiger partial charge in [0.25, 0.3) is 0 Å². The second-order valence-corrected chi connectivity index (χ2v) is 11.9. The maximum atomic E-state index is 13.7. The smallest absolute Gasteiger partial charge is 0.246 e. The topological polar surface area (TPSA) is 125 Å². The van der Waals surface area contributed by atoms with Gasteiger partial charge in [-0.3, -0.25) is 19.2 Å². The van der Waals surface area contributed by atoms with Crippen molar-refractivity contribution >= 4 is 40.9 Å². The number of nitrogens with zero attached hydrogens (tertiary/aromatic N) is 2. The zero-order chi connectivity index (χ0) is 29.1. The molecule has 0 spiro atoms. The van der Waals surface area contributed by atoms with Gasteiger partial charge in [-0.25, -0.2) is 0 Å². The minimum absolute atomic E-state index is 0.0149. The number of halogens is 1. The number of likely N-dealkylation sites (tertiary alicyclic amines) is 1. The van der Waals surface area contributed by atoms with E-state index in [9.17, 15) is 19.2 Å². The molecule has 1 saturated carbocycles. The molecule has 2 aliphatic heterocycles. The fourth-order valence-corrected chi connectivity index (χ4v) is 6.52. The molecule has 5 rings (SSSR count). The minimum Gasteiger partial charge on any atom is -0.342 e. The van der Waals surface area contributed by atoms with E-state index < -0.39 is 23.9 Å². The molecule has 1 aliphatic carbocycles. The number of rotatable bonds is 9. The van der Waals surface area contributed by atoms with Crippen LogP contribution in [0.5, 0.6) is 0 Å². The molecule has 2 heterocycles. The maximum absolute atomic E-state index is 13.7. The number of piperidine rings is 1. The second-order valence-electron chi connectivity index (χ2n) is 11.5. The van der Waals surface area contributed by atoms with Gasteiger partial charge >= 0.3 is 0 Å². The average Bonchev–Trinajstić information content (AvgIpc) is 3.61. The van der Waals surface area contributed by atoms with Gasteiger partial charge in [0.1, 0.15) is 12.1 Å². The van der Waals surface area contributed by atoms with Gasteiger partial charge in [-0.15, -0.1) is 0 Å². The molecule has 0 radical (unpaired) electrons. The zero-order valence-corrected chi connectivity index (χ0v) is 24.2. The van der Waals surface area contributed by atoms with E-state index in [1.165, 1.54) is 6.42 Å². The number of nitrogens with one attached hydrogen (secondary N) is 2. The summed E-state index contributed by atoms with van der Waals surface area (Å²) in [6, 6.07) is 11.5. The van der Waals surface area contributed by atoms with Crippen molar-refractivity contribution in [3.05, 3.63) is 64.2 Å². The first-order valence-electron chi connectivity index (χ1n) is 14.5. The summed E-state index contributed by atoms with van der Waals surface area (Å²) >= 11 is 6.11. The second kappa shape index (κ2) is 12.6. The molecule has 2 fully saturated rings. The molecule has 4 N–H and O–H groups in total. The first kappa shape index (κ1) is 29.1. The predicted octanol–water partition coefficient (Wildman–Crippen LogP) is 3.17. The highest BCUT2D eigenvalue weighted by molar-refractivity contribution is 6.31. The number of benzene rings is 2. The predicted molar refractivity (Wildman–Crippen MR) is 157 cm³/mol. The number of hydrogen-bond acceptors (Lipinski definition) is 5. The van der Waals surface area contributed by atoms with Gasteiger partial charge < -0.3 is 26.2 Å². The van der Waals surface area contributed by atoms with Crippen LogP contribution >= 0.6 is 11.6 Å². The lowest BCUT2D eigenvalue weighted by Crippen LogP contribution is -2.56. The molecule has 1 saturated heterocycles. The Morgan fingerprint density at radius 1 is 1.02 bits per heavy atom. The van der Waals surface area contributed by atoms with Crippen molar-refractivity contribution in [2.45, 2.75) is 76.5 Å². The Balaban J connectivity index is 1.27. The molecule has 4 atom stereocenters. The molecule has 3 aliphatic rings. The number of carbonyl (C=O) groups excluding carboxylic acids is 4. The van der Waals surface area contributed by atoms with Gasteiger partial charge in [0, 0.05) is 49.1 Å². The molecule has 4 amide bonds. The molecule has 2 unspecified atom stereocenters. The molecule has 10 heteroatoms. The number of aryl methyl sites for hydroxylation is 1. The normalized spacial score (nSPS) is 21.8. The summed E-state index contributed by atoms with van der Waals surface area (Å²) in [5, 5.41) is 6.27.